The summed E-state index contributed by atoms with van der Waals surface area (Å²) < 4.78 is 0. The predicted octanol–water partition coefficient (Wildman–Crippen LogP) is 2.53. The van der Waals surface area contributed by atoms with Crippen molar-refractivity contribution < 1.29 is 19.8 Å². The van der Waals surface area contributed by atoms with Crippen LogP contribution in [0.4, 0.5) is 0 Å². The van der Waals surface area contributed by atoms with E-state index in [9.17, 15) is 9.59 Å². The Hall–Kier alpha value is -1.14. The Morgan fingerprint density at radius 3 is 1.11 bits per heavy atom. The second kappa shape index (κ2) is 30.2. The van der Waals surface area contributed by atoms with Crippen molar-refractivity contribution >= 4 is 11.9 Å². The van der Waals surface area contributed by atoms with Gasteiger partial charge in [-0.05, 0) is 21.0 Å². The van der Waals surface area contributed by atoms with Gasteiger partial charge in [0.25, 0.3) is 0 Å². The molecule has 6 nitrogen and oxygen atoms in total. The second-order valence-electron chi connectivity index (χ2n) is 2.84. The fraction of sp³-hybridized carbons (Fsp3) is 0.846. The maximum atomic E-state index is 9.87. The van der Waals surface area contributed by atoms with Gasteiger partial charge in [-0.25, -0.2) is 0 Å². The molecule has 0 aliphatic rings. The molecule has 0 aliphatic heterocycles. The fourth-order valence-corrected chi connectivity index (χ4v) is 0.123. The first-order valence-corrected chi connectivity index (χ1v) is 4.53. The molecule has 0 heterocycles. The number of likely N-dealkylation sites (N-methyl/N-ethyl adjacent to an activating group) is 1. The van der Waals surface area contributed by atoms with Crippen LogP contribution in [0.1, 0.15) is 50.5 Å². The third kappa shape index (κ3) is 47.4. The van der Waals surface area contributed by atoms with Crippen molar-refractivity contribution in [1.29, 1.82) is 0 Å². The van der Waals surface area contributed by atoms with Crippen LogP contribution < -0.4 is 11.1 Å². The van der Waals surface area contributed by atoms with E-state index in [1.807, 2.05) is 0 Å². The predicted molar refractivity (Wildman–Crippen MR) is 85.7 cm³/mol. The molecule has 0 rings (SSSR count). The summed E-state index contributed by atoms with van der Waals surface area (Å²) >= 11 is 0. The molecule has 0 saturated carbocycles. The average Bonchev–Trinajstić information content (AvgIpc) is 2.20. The van der Waals surface area contributed by atoms with Gasteiger partial charge in [0.15, 0.2) is 0 Å². The van der Waals surface area contributed by atoms with E-state index in [1.54, 1.807) is 27.8 Å². The maximum Gasteiger partial charge on any atom is 0.320 e. The van der Waals surface area contributed by atoms with Crippen LogP contribution in [-0.4, -0.2) is 42.3 Å². The monoisotopic (exact) mass is 286 g/mol. The normalized spacial score (nSPS) is 8.16. The molecule has 0 aromatic rings. The third-order valence-corrected chi connectivity index (χ3v) is 1.30. The first kappa shape index (κ1) is 43.0. The Morgan fingerprint density at radius 2 is 1.11 bits per heavy atom. The molecule has 5 N–H and O–H groups in total. The van der Waals surface area contributed by atoms with Crippen molar-refractivity contribution in [3.05, 3.63) is 0 Å². The second-order valence-corrected chi connectivity index (χ2v) is 2.84. The standard InChI is InChI=1S/C4H9NO2.C4H8O2.CH5N.4CH4/c1-3(5-2)4(6)7;1-3(2)4(5)6;1-2;;;;/h3,5H,1-2H3,(H,6,7);3H,1-2H3,(H,5,6);2H2,1H3;4*1H4. The summed E-state index contributed by atoms with van der Waals surface area (Å²) in [7, 11) is 3.11. The van der Waals surface area contributed by atoms with Crippen molar-refractivity contribution in [3.63, 3.8) is 0 Å². The Bertz CT molecular complexity index is 174. The molecule has 0 spiro atoms. The lowest BCUT2D eigenvalue weighted by Gasteiger charge is -1.99. The van der Waals surface area contributed by atoms with E-state index in [-0.39, 0.29) is 35.6 Å². The molecule has 0 amide bonds. The van der Waals surface area contributed by atoms with Gasteiger partial charge in [-0.2, -0.15) is 0 Å². The van der Waals surface area contributed by atoms with Crippen LogP contribution in [0.5, 0.6) is 0 Å². The SMILES string of the molecule is C.C.C.C.CC(C)C(=O)O.CN.CNC(C)C(=O)O. The summed E-state index contributed by atoms with van der Waals surface area (Å²) in [6.07, 6.45) is 0. The summed E-state index contributed by atoms with van der Waals surface area (Å²) in [5, 5.41) is 18.7. The average molecular weight is 286 g/mol. The minimum atomic E-state index is -0.817. The van der Waals surface area contributed by atoms with Gasteiger partial charge < -0.3 is 21.3 Å². The van der Waals surface area contributed by atoms with Crippen LogP contribution in [0.25, 0.3) is 0 Å². The molecule has 1 unspecified atom stereocenters. The lowest BCUT2D eigenvalue weighted by atomic mass is 10.2. The highest BCUT2D eigenvalue weighted by Crippen LogP contribution is 1.87. The molecule has 0 aliphatic carbocycles. The molecule has 0 aromatic heterocycles. The topological polar surface area (TPSA) is 113 Å². The molecule has 1 atom stereocenters. The molecular formula is C13H38N2O4. The summed E-state index contributed by atoms with van der Waals surface area (Å²) in [6, 6.07) is -0.431. The van der Waals surface area contributed by atoms with E-state index < -0.39 is 18.0 Å². The van der Waals surface area contributed by atoms with Gasteiger partial charge in [-0.15, -0.1) is 0 Å². The highest BCUT2D eigenvalue weighted by atomic mass is 16.4. The van der Waals surface area contributed by atoms with E-state index in [0.29, 0.717) is 0 Å². The van der Waals surface area contributed by atoms with Gasteiger partial charge in [-0.1, -0.05) is 43.6 Å². The van der Waals surface area contributed by atoms with Crippen LogP contribution >= 0.6 is 0 Å². The van der Waals surface area contributed by atoms with Gasteiger partial charge in [0, 0.05) is 0 Å². The number of nitrogens with one attached hydrogen (secondary N) is 1. The Morgan fingerprint density at radius 1 is 0.895 bits per heavy atom. The quantitative estimate of drug-likeness (QED) is 0.634. The minimum absolute atomic E-state index is 0. The zero-order valence-electron chi connectivity index (χ0n) is 9.94. The molecule has 0 radical (unpaired) electrons. The molecule has 6 heteroatoms. The summed E-state index contributed by atoms with van der Waals surface area (Å²) in [6.45, 7) is 4.87. The number of carbonyl (C=O) groups is 2. The third-order valence-electron chi connectivity index (χ3n) is 1.30. The van der Waals surface area contributed by atoms with Crippen molar-refractivity contribution in [3.8, 4) is 0 Å². The van der Waals surface area contributed by atoms with Gasteiger partial charge >= 0.3 is 11.9 Å². The van der Waals surface area contributed by atoms with Crippen molar-refractivity contribution in [2.75, 3.05) is 14.1 Å². The largest absolute Gasteiger partial charge is 0.481 e. The molecule has 124 valence electrons. The number of nitrogens with two attached hydrogens (primary N) is 1. The zero-order valence-corrected chi connectivity index (χ0v) is 9.94. The Balaban J connectivity index is -0.0000000226. The smallest absolute Gasteiger partial charge is 0.320 e. The van der Waals surface area contributed by atoms with E-state index in [4.69, 9.17) is 10.2 Å². The van der Waals surface area contributed by atoms with Crippen LogP contribution in [0.2, 0.25) is 0 Å². The van der Waals surface area contributed by atoms with Gasteiger partial charge in [0.05, 0.1) is 5.92 Å². The first-order valence-electron chi connectivity index (χ1n) is 4.53. The molecular weight excluding hydrogens is 248 g/mol. The zero-order chi connectivity index (χ0) is 13.0. The number of rotatable bonds is 3. The van der Waals surface area contributed by atoms with Crippen LogP contribution in [0.15, 0.2) is 0 Å². The van der Waals surface area contributed by atoms with Crippen molar-refractivity contribution in [1.82, 2.24) is 5.32 Å². The van der Waals surface area contributed by atoms with Crippen LogP contribution in [0.3, 0.4) is 0 Å². The molecule has 0 fully saturated rings. The maximum absolute atomic E-state index is 9.87. The molecule has 0 saturated heterocycles. The summed E-state index contributed by atoms with van der Waals surface area (Å²) in [4.78, 5) is 19.6. The molecule has 0 aromatic carbocycles. The summed E-state index contributed by atoms with van der Waals surface area (Å²) in [5.41, 5.74) is 4.50. The van der Waals surface area contributed by atoms with E-state index >= 15 is 0 Å². The van der Waals surface area contributed by atoms with Gasteiger partial charge in [-0.3, -0.25) is 9.59 Å². The number of hydrogen-bond donors (Lipinski definition) is 4. The number of carboxylic acid groups (broad SMARTS) is 2. The Labute approximate surface area is 120 Å². The Kier molecular flexibility index (Phi) is 68.3. The minimum Gasteiger partial charge on any atom is -0.481 e. The molecule has 0 bridgehead atoms. The van der Waals surface area contributed by atoms with Crippen molar-refractivity contribution in [2.24, 2.45) is 11.7 Å². The van der Waals surface area contributed by atoms with Gasteiger partial charge in [0.1, 0.15) is 6.04 Å². The lowest BCUT2D eigenvalue weighted by Crippen LogP contribution is -2.29. The number of hydrogen-bond acceptors (Lipinski definition) is 4. The van der Waals surface area contributed by atoms with Gasteiger partial charge in [0.2, 0.25) is 0 Å². The van der Waals surface area contributed by atoms with E-state index in [0.717, 1.165) is 0 Å². The highest BCUT2D eigenvalue weighted by Gasteiger charge is 2.04. The first-order chi connectivity index (χ1) is 6.82. The van der Waals surface area contributed by atoms with Crippen LogP contribution in [-0.2, 0) is 9.59 Å². The van der Waals surface area contributed by atoms with Crippen molar-refractivity contribution in [2.45, 2.75) is 56.5 Å². The van der Waals surface area contributed by atoms with E-state index in [1.165, 1.54) is 7.05 Å². The van der Waals surface area contributed by atoms with Crippen LogP contribution in [0, 0.1) is 5.92 Å². The molecule has 19 heavy (non-hydrogen) atoms. The highest BCUT2D eigenvalue weighted by molar-refractivity contribution is 5.72. The van der Waals surface area contributed by atoms with E-state index in [2.05, 4.69) is 11.1 Å². The number of carboxylic acids is 2. The lowest BCUT2D eigenvalue weighted by molar-refractivity contribution is -0.140. The fourth-order valence-electron chi connectivity index (χ4n) is 0.123. The number of aliphatic carboxylic acids is 2. The summed E-state index contributed by atoms with van der Waals surface area (Å²) in [5.74, 6) is -1.79.